The smallest absolute Gasteiger partial charge is 0.140 e. The zero-order valence-electron chi connectivity index (χ0n) is 19.6. The van der Waals surface area contributed by atoms with Gasteiger partial charge in [0.2, 0.25) is 0 Å². The molecule has 0 bridgehead atoms. The minimum absolute atomic E-state index is 0.00358. The second-order valence-corrected chi connectivity index (χ2v) is 10.1. The topological polar surface area (TPSA) is 59.1 Å². The minimum atomic E-state index is -0.153. The molecule has 1 aromatic heterocycles. The number of fused-ring (bicyclic) bond motifs is 6. The normalized spacial score (nSPS) is 30.8. The van der Waals surface area contributed by atoms with E-state index in [4.69, 9.17) is 19.1 Å². The number of benzene rings is 2. The SMILES string of the molecule is CC1=NC(C2c3c(oc4ccccc34)C=CC2C)NC(c2cccc3c2OC2C=CCC32C)=N1. The lowest BCUT2D eigenvalue weighted by Gasteiger charge is -2.33. The molecule has 2 aliphatic heterocycles. The molecular formula is C29H27N3O2. The van der Waals surface area contributed by atoms with Crippen LogP contribution in [-0.2, 0) is 5.41 Å². The number of rotatable bonds is 2. The first-order valence-electron chi connectivity index (χ1n) is 12.1. The summed E-state index contributed by atoms with van der Waals surface area (Å²) in [6.45, 7) is 6.52. The molecule has 0 radical (unpaired) electrons. The van der Waals surface area contributed by atoms with Gasteiger partial charge in [0.15, 0.2) is 0 Å². The highest BCUT2D eigenvalue weighted by Crippen LogP contribution is 2.50. The Morgan fingerprint density at radius 1 is 1.09 bits per heavy atom. The zero-order valence-corrected chi connectivity index (χ0v) is 19.6. The van der Waals surface area contributed by atoms with Crippen molar-refractivity contribution in [1.82, 2.24) is 5.32 Å². The lowest BCUT2D eigenvalue weighted by molar-refractivity contribution is 0.216. The maximum absolute atomic E-state index is 6.48. The highest BCUT2D eigenvalue weighted by molar-refractivity contribution is 6.09. The van der Waals surface area contributed by atoms with Crippen LogP contribution in [-0.4, -0.2) is 23.9 Å². The predicted molar refractivity (Wildman–Crippen MR) is 136 cm³/mol. The van der Waals surface area contributed by atoms with E-state index in [9.17, 15) is 0 Å². The van der Waals surface area contributed by atoms with Crippen molar-refractivity contribution in [2.45, 2.75) is 50.8 Å². The van der Waals surface area contributed by atoms with Crippen molar-refractivity contribution in [1.29, 1.82) is 0 Å². The van der Waals surface area contributed by atoms with Gasteiger partial charge in [-0.25, -0.2) is 9.98 Å². The Hall–Kier alpha value is -3.60. The molecule has 0 amide bonds. The van der Waals surface area contributed by atoms with Crippen LogP contribution in [0.4, 0.5) is 0 Å². The van der Waals surface area contributed by atoms with Crippen molar-refractivity contribution in [2.24, 2.45) is 15.9 Å². The summed E-state index contributed by atoms with van der Waals surface area (Å²) in [7, 11) is 0. The van der Waals surface area contributed by atoms with Crippen LogP contribution in [0.2, 0.25) is 0 Å². The molecule has 0 saturated heterocycles. The third-order valence-corrected chi connectivity index (χ3v) is 7.95. The van der Waals surface area contributed by atoms with E-state index in [1.54, 1.807) is 0 Å². The number of allylic oxidation sites excluding steroid dienone is 2. The summed E-state index contributed by atoms with van der Waals surface area (Å²) < 4.78 is 12.7. The van der Waals surface area contributed by atoms with Crippen LogP contribution in [0.1, 0.15) is 55.6 Å². The quantitative estimate of drug-likeness (QED) is 0.492. The maximum Gasteiger partial charge on any atom is 0.140 e. The first kappa shape index (κ1) is 19.8. The van der Waals surface area contributed by atoms with Gasteiger partial charge in [-0.2, -0.15) is 0 Å². The molecule has 7 rings (SSSR count). The number of nitrogens with zero attached hydrogens (tertiary/aromatic N) is 2. The van der Waals surface area contributed by atoms with Crippen molar-refractivity contribution >= 4 is 28.7 Å². The number of aliphatic imine (C=N–C) groups is 2. The van der Waals surface area contributed by atoms with Gasteiger partial charge >= 0.3 is 0 Å². The van der Waals surface area contributed by atoms with E-state index in [0.29, 0.717) is 5.92 Å². The number of hydrogen-bond acceptors (Lipinski definition) is 5. The van der Waals surface area contributed by atoms with Crippen molar-refractivity contribution in [2.75, 3.05) is 0 Å². The van der Waals surface area contributed by atoms with Crippen LogP contribution < -0.4 is 10.1 Å². The minimum Gasteiger partial charge on any atom is -0.484 e. The Bertz CT molecular complexity index is 1460. The maximum atomic E-state index is 6.48. The summed E-state index contributed by atoms with van der Waals surface area (Å²) in [5.74, 6) is 3.91. The van der Waals surface area contributed by atoms with E-state index in [2.05, 4.69) is 73.8 Å². The number of para-hydroxylation sites is 2. The average molecular weight is 450 g/mol. The van der Waals surface area contributed by atoms with Gasteiger partial charge in [-0.15, -0.1) is 0 Å². The molecule has 4 aliphatic rings. The molecule has 0 spiro atoms. The molecule has 170 valence electrons. The van der Waals surface area contributed by atoms with E-state index in [-0.39, 0.29) is 23.6 Å². The van der Waals surface area contributed by atoms with Crippen LogP contribution in [0.15, 0.2) is 75.1 Å². The summed E-state index contributed by atoms with van der Waals surface area (Å²) in [4.78, 5) is 9.81. The van der Waals surface area contributed by atoms with Crippen LogP contribution in [0.5, 0.6) is 5.75 Å². The molecule has 1 N–H and O–H groups in total. The molecule has 0 fully saturated rings. The zero-order chi connectivity index (χ0) is 23.0. The lowest BCUT2D eigenvalue weighted by atomic mass is 9.79. The summed E-state index contributed by atoms with van der Waals surface area (Å²) in [5.41, 5.74) is 4.41. The van der Waals surface area contributed by atoms with Gasteiger partial charge in [0.1, 0.15) is 41.0 Å². The van der Waals surface area contributed by atoms with Crippen molar-refractivity contribution in [3.05, 3.63) is 83.1 Å². The summed E-state index contributed by atoms with van der Waals surface area (Å²) in [5, 5.41) is 4.85. The second-order valence-electron chi connectivity index (χ2n) is 10.1. The van der Waals surface area contributed by atoms with Crippen LogP contribution in [0.3, 0.4) is 0 Å². The summed E-state index contributed by atoms with van der Waals surface area (Å²) in [6.07, 6.45) is 9.69. The molecule has 5 unspecified atom stereocenters. The van der Waals surface area contributed by atoms with Gasteiger partial charge < -0.3 is 14.5 Å². The summed E-state index contributed by atoms with van der Waals surface area (Å²) in [6, 6.07) is 14.7. The van der Waals surface area contributed by atoms with Crippen LogP contribution >= 0.6 is 0 Å². The van der Waals surface area contributed by atoms with Crippen molar-refractivity contribution < 1.29 is 9.15 Å². The standard InChI is InChI=1S/C29H27N3O2/c1-16-13-14-22-25(18-8-4-5-11-21(18)33-22)24(16)28-31-17(2)30-27(32-28)19-9-6-10-20-26(19)34-23-12-7-15-29(20,23)3/h4-14,16,23-24,28H,15H2,1-3H3,(H,30,31,32). The lowest BCUT2D eigenvalue weighted by Crippen LogP contribution is -2.44. The van der Waals surface area contributed by atoms with Crippen LogP contribution in [0.25, 0.3) is 17.0 Å². The van der Waals surface area contributed by atoms with Crippen molar-refractivity contribution in [3.8, 4) is 5.75 Å². The molecule has 0 saturated carbocycles. The molecule has 2 aliphatic carbocycles. The third kappa shape index (κ3) is 2.67. The fourth-order valence-electron chi connectivity index (χ4n) is 6.15. The molecule has 5 nitrogen and oxygen atoms in total. The van der Waals surface area contributed by atoms with Gasteiger partial charge in [0.05, 0.1) is 5.56 Å². The van der Waals surface area contributed by atoms with Gasteiger partial charge in [-0.3, -0.25) is 0 Å². The number of furan rings is 1. The molecule has 5 atom stereocenters. The van der Waals surface area contributed by atoms with Gasteiger partial charge in [0.25, 0.3) is 0 Å². The molecule has 5 heteroatoms. The fourth-order valence-corrected chi connectivity index (χ4v) is 6.15. The van der Waals surface area contributed by atoms with E-state index < -0.39 is 0 Å². The Labute approximate surface area is 198 Å². The van der Waals surface area contributed by atoms with Crippen LogP contribution in [0, 0.1) is 5.92 Å². The van der Waals surface area contributed by atoms with E-state index in [0.717, 1.165) is 46.1 Å². The number of hydrogen-bond donors (Lipinski definition) is 1. The van der Waals surface area contributed by atoms with E-state index >= 15 is 0 Å². The largest absolute Gasteiger partial charge is 0.484 e. The second kappa shape index (κ2) is 6.95. The van der Waals surface area contributed by atoms with E-state index in [1.165, 1.54) is 11.1 Å². The van der Waals surface area contributed by atoms with Gasteiger partial charge in [0, 0.05) is 27.8 Å². The molecule has 3 heterocycles. The van der Waals surface area contributed by atoms with Gasteiger partial charge in [-0.1, -0.05) is 56.3 Å². The summed E-state index contributed by atoms with van der Waals surface area (Å²) >= 11 is 0. The molecular weight excluding hydrogens is 422 g/mol. The third-order valence-electron chi connectivity index (χ3n) is 7.95. The number of ether oxygens (including phenoxy) is 1. The number of amidine groups is 2. The first-order chi connectivity index (χ1) is 16.5. The van der Waals surface area contributed by atoms with Crippen molar-refractivity contribution in [3.63, 3.8) is 0 Å². The monoisotopic (exact) mass is 449 g/mol. The Balaban J connectivity index is 1.30. The van der Waals surface area contributed by atoms with Gasteiger partial charge in [-0.05, 0) is 43.5 Å². The Morgan fingerprint density at radius 2 is 1.97 bits per heavy atom. The Kier molecular flexibility index (Phi) is 4.06. The Morgan fingerprint density at radius 3 is 2.88 bits per heavy atom. The number of nitrogens with one attached hydrogen (secondary N) is 1. The van der Waals surface area contributed by atoms with E-state index in [1.807, 2.05) is 19.1 Å². The fraction of sp³-hybridized carbons (Fsp3) is 0.310. The first-order valence-corrected chi connectivity index (χ1v) is 12.1. The highest BCUT2D eigenvalue weighted by Gasteiger charge is 2.47. The predicted octanol–water partition coefficient (Wildman–Crippen LogP) is 5.95. The molecule has 2 aromatic carbocycles. The molecule has 34 heavy (non-hydrogen) atoms. The average Bonchev–Trinajstić information content (AvgIpc) is 3.47. The highest BCUT2D eigenvalue weighted by atomic mass is 16.5. The molecule has 3 aromatic rings.